The lowest BCUT2D eigenvalue weighted by Crippen LogP contribution is -2.32. The van der Waals surface area contributed by atoms with E-state index in [1.165, 1.54) is 11.8 Å². The average molecular weight is 600 g/mol. The van der Waals surface area contributed by atoms with Gasteiger partial charge < -0.3 is 24.8 Å². The van der Waals surface area contributed by atoms with Crippen LogP contribution in [0.4, 0.5) is 0 Å². The lowest BCUT2D eigenvalue weighted by Gasteiger charge is -2.12. The number of thioether (sulfide) groups is 1. The normalized spacial score (nSPS) is 14.8. The third kappa shape index (κ3) is 6.23. The smallest absolute Gasteiger partial charge is 0.251 e. The van der Waals surface area contributed by atoms with Gasteiger partial charge in [-0.2, -0.15) is 0 Å². The first-order valence-electron chi connectivity index (χ1n) is 14.2. The van der Waals surface area contributed by atoms with Crippen molar-refractivity contribution in [1.82, 2.24) is 25.0 Å². The average Bonchev–Trinajstić information content (AvgIpc) is 3.70. The highest BCUT2D eigenvalue weighted by atomic mass is 32.2. The molecule has 2 aromatic heterocycles. The number of aromatic nitrogens is 3. The van der Waals surface area contributed by atoms with Crippen LogP contribution in [-0.4, -0.2) is 72.0 Å². The SMILES string of the molecule is COc1ccc(CCNC(=O)c2ccc3c(c2)nc(SCC(=O)NC[C@H]2CCCO2)n2c4ccccc4nc32)cc1OC. The number of para-hydroxylation sites is 2. The van der Waals surface area contributed by atoms with Crippen LogP contribution in [0, 0.1) is 0 Å². The summed E-state index contributed by atoms with van der Waals surface area (Å²) in [5, 5.41) is 7.43. The van der Waals surface area contributed by atoms with Crippen LogP contribution in [0.2, 0.25) is 0 Å². The molecule has 11 heteroatoms. The van der Waals surface area contributed by atoms with Gasteiger partial charge in [0.15, 0.2) is 16.7 Å². The second-order valence-corrected chi connectivity index (χ2v) is 11.3. The minimum atomic E-state index is -0.194. The standard InChI is InChI=1S/C32H33N5O5S/c1-40-27-12-9-20(16-28(27)41-2)13-14-33-31(39)21-10-11-23-25(17-21)36-32(37-26-8-4-3-7-24(26)35-30(23)37)43-19-29(38)34-18-22-6-5-15-42-22/h3-4,7-12,16-17,22H,5-6,13-15,18-19H2,1-2H3,(H,33,39)(H,34,38)/t22-/m1/s1. The summed E-state index contributed by atoms with van der Waals surface area (Å²) < 4.78 is 18.3. The number of rotatable bonds is 11. The molecule has 3 heterocycles. The van der Waals surface area contributed by atoms with E-state index < -0.39 is 0 Å². The van der Waals surface area contributed by atoms with Crippen LogP contribution in [0.25, 0.3) is 27.6 Å². The van der Waals surface area contributed by atoms with E-state index >= 15 is 0 Å². The molecular formula is C32H33N5O5S. The van der Waals surface area contributed by atoms with E-state index in [-0.39, 0.29) is 23.7 Å². The van der Waals surface area contributed by atoms with Crippen LogP contribution in [0.3, 0.4) is 0 Å². The van der Waals surface area contributed by atoms with E-state index in [1.54, 1.807) is 26.4 Å². The quantitative estimate of drug-likeness (QED) is 0.169. The summed E-state index contributed by atoms with van der Waals surface area (Å²) in [6.45, 7) is 1.71. The van der Waals surface area contributed by atoms with E-state index in [4.69, 9.17) is 24.2 Å². The van der Waals surface area contributed by atoms with Crippen LogP contribution in [0.15, 0.2) is 65.8 Å². The van der Waals surface area contributed by atoms with Gasteiger partial charge in [-0.3, -0.25) is 14.0 Å². The van der Waals surface area contributed by atoms with E-state index in [0.717, 1.165) is 47.1 Å². The summed E-state index contributed by atoms with van der Waals surface area (Å²) in [6.07, 6.45) is 2.71. The van der Waals surface area contributed by atoms with E-state index in [1.807, 2.05) is 52.9 Å². The lowest BCUT2D eigenvalue weighted by atomic mass is 10.1. The highest BCUT2D eigenvalue weighted by Crippen LogP contribution is 2.30. The Kier molecular flexibility index (Phi) is 8.62. The Balaban J connectivity index is 1.21. The topological polar surface area (TPSA) is 116 Å². The number of imidazole rings is 1. The van der Waals surface area contributed by atoms with Crippen molar-refractivity contribution in [2.75, 3.05) is 39.7 Å². The molecule has 0 bridgehead atoms. The molecule has 1 atom stereocenters. The number of nitrogens with one attached hydrogen (secondary N) is 2. The Bertz CT molecular complexity index is 1800. The first-order chi connectivity index (χ1) is 21.0. The largest absolute Gasteiger partial charge is 0.493 e. The molecule has 222 valence electrons. The molecular weight excluding hydrogens is 566 g/mol. The number of nitrogens with zero attached hydrogens (tertiary/aromatic N) is 3. The van der Waals surface area contributed by atoms with Crippen LogP contribution >= 0.6 is 11.8 Å². The number of fused-ring (bicyclic) bond motifs is 5. The lowest BCUT2D eigenvalue weighted by molar-refractivity contribution is -0.119. The van der Waals surface area contributed by atoms with Gasteiger partial charge in [-0.05, 0) is 67.3 Å². The van der Waals surface area contributed by atoms with Gasteiger partial charge in [-0.25, -0.2) is 9.97 Å². The molecule has 2 N–H and O–H groups in total. The van der Waals surface area contributed by atoms with Crippen molar-refractivity contribution in [3.63, 3.8) is 0 Å². The molecule has 6 rings (SSSR count). The monoisotopic (exact) mass is 599 g/mol. The van der Waals surface area contributed by atoms with Crippen molar-refractivity contribution in [3.05, 3.63) is 71.8 Å². The zero-order chi connectivity index (χ0) is 29.8. The summed E-state index contributed by atoms with van der Waals surface area (Å²) in [4.78, 5) is 35.6. The number of methoxy groups -OCH3 is 2. The van der Waals surface area contributed by atoms with E-state index in [2.05, 4.69) is 10.6 Å². The fraction of sp³-hybridized carbons (Fsp3) is 0.312. The van der Waals surface area contributed by atoms with Crippen LogP contribution in [-0.2, 0) is 16.0 Å². The molecule has 1 aliphatic heterocycles. The maximum absolute atomic E-state index is 13.1. The molecule has 43 heavy (non-hydrogen) atoms. The third-order valence-electron chi connectivity index (χ3n) is 7.50. The van der Waals surface area contributed by atoms with Crippen molar-refractivity contribution in [3.8, 4) is 11.5 Å². The van der Waals surface area contributed by atoms with Gasteiger partial charge in [-0.15, -0.1) is 0 Å². The fourth-order valence-electron chi connectivity index (χ4n) is 5.28. The zero-order valence-electron chi connectivity index (χ0n) is 24.1. The molecule has 1 aliphatic rings. The van der Waals surface area contributed by atoms with Gasteiger partial charge in [0.25, 0.3) is 5.91 Å². The molecule has 10 nitrogen and oxygen atoms in total. The highest BCUT2D eigenvalue weighted by molar-refractivity contribution is 7.99. The zero-order valence-corrected chi connectivity index (χ0v) is 24.9. The third-order valence-corrected chi connectivity index (χ3v) is 8.44. The van der Waals surface area contributed by atoms with Crippen molar-refractivity contribution >= 4 is 51.2 Å². The van der Waals surface area contributed by atoms with Crippen LogP contribution < -0.4 is 20.1 Å². The number of ether oxygens (including phenoxy) is 3. The molecule has 5 aromatic rings. The van der Waals surface area contributed by atoms with Crippen molar-refractivity contribution in [2.45, 2.75) is 30.5 Å². The first-order valence-corrected chi connectivity index (χ1v) is 15.2. The van der Waals surface area contributed by atoms with E-state index in [0.29, 0.717) is 47.2 Å². The number of carbonyl (C=O) groups excluding carboxylic acids is 2. The molecule has 0 saturated carbocycles. The number of amides is 2. The van der Waals surface area contributed by atoms with Gasteiger partial charge in [0.2, 0.25) is 5.91 Å². The second kappa shape index (κ2) is 12.9. The molecule has 1 saturated heterocycles. The molecule has 1 fully saturated rings. The van der Waals surface area contributed by atoms with Crippen LogP contribution in [0.5, 0.6) is 11.5 Å². The molecule has 2 amide bonds. The summed E-state index contributed by atoms with van der Waals surface area (Å²) >= 11 is 1.35. The fourth-order valence-corrected chi connectivity index (χ4v) is 6.12. The second-order valence-electron chi connectivity index (χ2n) is 10.3. The van der Waals surface area contributed by atoms with Crippen LogP contribution in [0.1, 0.15) is 28.8 Å². The molecule has 0 aliphatic carbocycles. The molecule has 0 unspecified atom stereocenters. The maximum Gasteiger partial charge on any atom is 0.251 e. The number of carbonyl (C=O) groups is 2. The van der Waals surface area contributed by atoms with Crippen molar-refractivity contribution < 1.29 is 23.8 Å². The molecule has 0 spiro atoms. The van der Waals surface area contributed by atoms with Crippen molar-refractivity contribution in [1.29, 1.82) is 0 Å². The minimum Gasteiger partial charge on any atom is -0.493 e. The summed E-state index contributed by atoms with van der Waals surface area (Å²) in [5.74, 6) is 1.24. The summed E-state index contributed by atoms with van der Waals surface area (Å²) in [6, 6.07) is 19.0. The molecule has 0 radical (unpaired) electrons. The number of hydrogen-bond acceptors (Lipinski definition) is 8. The Hall–Kier alpha value is -4.35. The van der Waals surface area contributed by atoms with Gasteiger partial charge >= 0.3 is 0 Å². The van der Waals surface area contributed by atoms with Crippen molar-refractivity contribution in [2.24, 2.45) is 0 Å². The predicted molar refractivity (Wildman–Crippen MR) is 166 cm³/mol. The van der Waals surface area contributed by atoms with Gasteiger partial charge in [0.1, 0.15) is 5.65 Å². The predicted octanol–water partition coefficient (Wildman–Crippen LogP) is 4.41. The first kappa shape index (κ1) is 28.8. The van der Waals surface area contributed by atoms with Gasteiger partial charge in [-0.1, -0.05) is 30.0 Å². The Morgan fingerprint density at radius 2 is 1.86 bits per heavy atom. The molecule has 3 aromatic carbocycles. The maximum atomic E-state index is 13.1. The minimum absolute atomic E-state index is 0.0809. The highest BCUT2D eigenvalue weighted by Gasteiger charge is 2.19. The summed E-state index contributed by atoms with van der Waals surface area (Å²) in [7, 11) is 3.20. The number of hydrogen-bond donors (Lipinski definition) is 2. The van der Waals surface area contributed by atoms with E-state index in [9.17, 15) is 9.59 Å². The van der Waals surface area contributed by atoms with Gasteiger partial charge in [0.05, 0.1) is 42.6 Å². The Morgan fingerprint density at radius 1 is 1.00 bits per heavy atom. The number of benzene rings is 3. The summed E-state index contributed by atoms with van der Waals surface area (Å²) in [5.41, 5.74) is 4.63. The Labute approximate surface area is 253 Å². The van der Waals surface area contributed by atoms with Gasteiger partial charge in [0, 0.05) is 30.6 Å². The Morgan fingerprint density at radius 3 is 2.67 bits per heavy atom.